The molecule has 0 atom stereocenters. The van der Waals surface area contributed by atoms with E-state index in [4.69, 9.17) is 10.5 Å². The second kappa shape index (κ2) is 9.32. The Morgan fingerprint density at radius 3 is 2.50 bits per heavy atom. The molecule has 0 bridgehead atoms. The SMILES string of the molecule is CCC(CC)(CN)C(=O)Nc1ccc(C)c(Oc2ccnc(C(=O)NC)c2)c1. The van der Waals surface area contributed by atoms with Crippen LogP contribution in [0.3, 0.4) is 0 Å². The Kier molecular flexibility index (Phi) is 7.12. The summed E-state index contributed by atoms with van der Waals surface area (Å²) in [4.78, 5) is 28.5. The van der Waals surface area contributed by atoms with Gasteiger partial charge >= 0.3 is 0 Å². The third-order valence-corrected chi connectivity index (χ3v) is 5.09. The molecule has 0 aliphatic heterocycles. The van der Waals surface area contributed by atoms with Gasteiger partial charge in [-0.1, -0.05) is 19.9 Å². The van der Waals surface area contributed by atoms with E-state index in [1.807, 2.05) is 32.9 Å². The molecule has 150 valence electrons. The summed E-state index contributed by atoms with van der Waals surface area (Å²) in [6.45, 7) is 6.13. The molecule has 0 fully saturated rings. The molecule has 2 amide bonds. The number of rotatable bonds is 8. The third kappa shape index (κ3) is 4.67. The van der Waals surface area contributed by atoms with Crippen LogP contribution >= 0.6 is 0 Å². The molecule has 7 nitrogen and oxygen atoms in total. The van der Waals surface area contributed by atoms with Crippen LogP contribution in [0.5, 0.6) is 11.5 Å². The maximum absolute atomic E-state index is 12.8. The van der Waals surface area contributed by atoms with Crippen LogP contribution in [0.1, 0.15) is 42.7 Å². The predicted molar refractivity (Wildman–Crippen MR) is 110 cm³/mol. The first kappa shape index (κ1) is 21.4. The summed E-state index contributed by atoms with van der Waals surface area (Å²) >= 11 is 0. The predicted octanol–water partition coefficient (Wildman–Crippen LogP) is 3.25. The summed E-state index contributed by atoms with van der Waals surface area (Å²) in [6, 6.07) is 8.70. The Morgan fingerprint density at radius 1 is 1.18 bits per heavy atom. The van der Waals surface area contributed by atoms with Crippen LogP contribution in [-0.2, 0) is 4.79 Å². The van der Waals surface area contributed by atoms with Crippen molar-refractivity contribution in [3.05, 3.63) is 47.8 Å². The third-order valence-electron chi connectivity index (χ3n) is 5.09. The molecular formula is C21H28N4O3. The van der Waals surface area contributed by atoms with Crippen LogP contribution in [-0.4, -0.2) is 30.4 Å². The van der Waals surface area contributed by atoms with Crippen molar-refractivity contribution >= 4 is 17.5 Å². The molecule has 4 N–H and O–H groups in total. The summed E-state index contributed by atoms with van der Waals surface area (Å²) in [5.74, 6) is 0.679. The van der Waals surface area contributed by atoms with Gasteiger partial charge in [0.15, 0.2) is 0 Å². The van der Waals surface area contributed by atoms with Crippen molar-refractivity contribution in [2.45, 2.75) is 33.6 Å². The fourth-order valence-corrected chi connectivity index (χ4v) is 2.86. The Bertz CT molecular complexity index is 839. The van der Waals surface area contributed by atoms with E-state index in [0.717, 1.165) is 5.56 Å². The zero-order chi connectivity index (χ0) is 20.7. The van der Waals surface area contributed by atoms with Gasteiger partial charge < -0.3 is 21.1 Å². The molecule has 7 heteroatoms. The Labute approximate surface area is 165 Å². The van der Waals surface area contributed by atoms with Crippen LogP contribution < -0.4 is 21.1 Å². The van der Waals surface area contributed by atoms with Crippen molar-refractivity contribution in [1.82, 2.24) is 10.3 Å². The molecule has 0 aliphatic carbocycles. The van der Waals surface area contributed by atoms with E-state index in [1.165, 1.54) is 6.20 Å². The van der Waals surface area contributed by atoms with E-state index in [0.29, 0.717) is 36.6 Å². The van der Waals surface area contributed by atoms with Crippen molar-refractivity contribution < 1.29 is 14.3 Å². The molecule has 0 aliphatic rings. The number of aromatic nitrogens is 1. The van der Waals surface area contributed by atoms with E-state index in [1.54, 1.807) is 25.2 Å². The maximum atomic E-state index is 12.8. The van der Waals surface area contributed by atoms with E-state index < -0.39 is 5.41 Å². The molecule has 2 aromatic rings. The standard InChI is InChI=1S/C21H28N4O3/c1-5-21(6-2,13-22)20(27)25-15-8-7-14(3)18(11-15)28-16-9-10-24-17(12-16)19(26)23-4/h7-12H,5-6,13,22H2,1-4H3,(H,23,26)(H,25,27). The largest absolute Gasteiger partial charge is 0.457 e. The minimum Gasteiger partial charge on any atom is -0.457 e. The average molecular weight is 384 g/mol. The lowest BCUT2D eigenvalue weighted by atomic mass is 9.81. The quantitative estimate of drug-likeness (QED) is 0.648. The molecular weight excluding hydrogens is 356 g/mol. The minimum atomic E-state index is -0.584. The first-order valence-electron chi connectivity index (χ1n) is 9.37. The summed E-state index contributed by atoms with van der Waals surface area (Å²) < 4.78 is 5.94. The molecule has 28 heavy (non-hydrogen) atoms. The smallest absolute Gasteiger partial charge is 0.269 e. The van der Waals surface area contributed by atoms with Crippen molar-refractivity contribution in [3.63, 3.8) is 0 Å². The van der Waals surface area contributed by atoms with Gasteiger partial charge in [-0.25, -0.2) is 0 Å². The lowest BCUT2D eigenvalue weighted by Gasteiger charge is -2.28. The number of aryl methyl sites for hydroxylation is 1. The minimum absolute atomic E-state index is 0.0967. The molecule has 0 unspecified atom stereocenters. The number of ether oxygens (including phenoxy) is 1. The fraction of sp³-hybridized carbons (Fsp3) is 0.381. The number of carbonyl (C=O) groups excluding carboxylic acids is 2. The van der Waals surface area contributed by atoms with Gasteiger partial charge in [-0.3, -0.25) is 14.6 Å². The maximum Gasteiger partial charge on any atom is 0.269 e. The Hall–Kier alpha value is -2.93. The number of benzene rings is 1. The van der Waals surface area contributed by atoms with Gasteiger partial charge in [-0.2, -0.15) is 0 Å². The zero-order valence-electron chi connectivity index (χ0n) is 16.8. The number of pyridine rings is 1. The highest BCUT2D eigenvalue weighted by molar-refractivity contribution is 5.95. The number of amides is 2. The number of nitrogens with one attached hydrogen (secondary N) is 2. The summed E-state index contributed by atoms with van der Waals surface area (Å²) in [6.07, 6.45) is 2.85. The van der Waals surface area contributed by atoms with Crippen LogP contribution in [0.15, 0.2) is 36.5 Å². The van der Waals surface area contributed by atoms with Gasteiger partial charge in [-0.05, 0) is 37.5 Å². The normalized spacial score (nSPS) is 11.0. The highest BCUT2D eigenvalue weighted by Gasteiger charge is 2.33. The second-order valence-electron chi connectivity index (χ2n) is 6.68. The molecule has 1 aromatic carbocycles. The molecule has 2 rings (SSSR count). The fourth-order valence-electron chi connectivity index (χ4n) is 2.86. The number of nitrogens with zero attached hydrogens (tertiary/aromatic N) is 1. The van der Waals surface area contributed by atoms with Gasteiger partial charge in [0.05, 0.1) is 5.41 Å². The summed E-state index contributed by atoms with van der Waals surface area (Å²) in [7, 11) is 1.54. The van der Waals surface area contributed by atoms with Crippen molar-refractivity contribution in [2.24, 2.45) is 11.1 Å². The number of nitrogens with two attached hydrogens (primary N) is 1. The van der Waals surface area contributed by atoms with E-state index in [2.05, 4.69) is 15.6 Å². The first-order chi connectivity index (χ1) is 13.4. The van der Waals surface area contributed by atoms with E-state index in [9.17, 15) is 9.59 Å². The monoisotopic (exact) mass is 384 g/mol. The molecule has 1 heterocycles. The molecule has 0 radical (unpaired) electrons. The van der Waals surface area contributed by atoms with Gasteiger partial charge in [0, 0.05) is 37.6 Å². The second-order valence-corrected chi connectivity index (χ2v) is 6.68. The van der Waals surface area contributed by atoms with Gasteiger partial charge in [0.25, 0.3) is 5.91 Å². The van der Waals surface area contributed by atoms with Crippen LogP contribution in [0, 0.1) is 12.3 Å². The molecule has 1 aromatic heterocycles. The first-order valence-corrected chi connectivity index (χ1v) is 9.37. The van der Waals surface area contributed by atoms with Crippen molar-refractivity contribution in [3.8, 4) is 11.5 Å². The van der Waals surface area contributed by atoms with Gasteiger partial charge in [0.1, 0.15) is 17.2 Å². The number of anilines is 1. The zero-order valence-corrected chi connectivity index (χ0v) is 16.8. The number of hydrogen-bond acceptors (Lipinski definition) is 5. The van der Waals surface area contributed by atoms with Gasteiger partial charge in [0.2, 0.25) is 5.91 Å². The molecule has 0 saturated heterocycles. The highest BCUT2D eigenvalue weighted by Crippen LogP contribution is 2.31. The van der Waals surface area contributed by atoms with Crippen molar-refractivity contribution in [1.29, 1.82) is 0 Å². The highest BCUT2D eigenvalue weighted by atomic mass is 16.5. The lowest BCUT2D eigenvalue weighted by Crippen LogP contribution is -2.41. The van der Waals surface area contributed by atoms with E-state index in [-0.39, 0.29) is 17.5 Å². The van der Waals surface area contributed by atoms with E-state index >= 15 is 0 Å². The molecule has 0 saturated carbocycles. The summed E-state index contributed by atoms with van der Waals surface area (Å²) in [5.41, 5.74) is 7.07. The Morgan fingerprint density at radius 2 is 1.89 bits per heavy atom. The topological polar surface area (TPSA) is 106 Å². The number of carbonyl (C=O) groups is 2. The van der Waals surface area contributed by atoms with Crippen LogP contribution in [0.4, 0.5) is 5.69 Å². The summed E-state index contributed by atoms with van der Waals surface area (Å²) in [5, 5.41) is 5.48. The molecule has 0 spiro atoms. The van der Waals surface area contributed by atoms with Crippen LogP contribution in [0.25, 0.3) is 0 Å². The van der Waals surface area contributed by atoms with Gasteiger partial charge in [-0.15, -0.1) is 0 Å². The van der Waals surface area contributed by atoms with Crippen molar-refractivity contribution in [2.75, 3.05) is 18.9 Å². The lowest BCUT2D eigenvalue weighted by molar-refractivity contribution is -0.125. The average Bonchev–Trinajstić information content (AvgIpc) is 2.72. The number of hydrogen-bond donors (Lipinski definition) is 3. The Balaban J connectivity index is 2.24. The van der Waals surface area contributed by atoms with Crippen LogP contribution in [0.2, 0.25) is 0 Å².